The lowest BCUT2D eigenvalue weighted by Crippen LogP contribution is -2.29. The molecule has 3 fully saturated rings. The summed E-state index contributed by atoms with van der Waals surface area (Å²) in [5.41, 5.74) is 6.99. The van der Waals surface area contributed by atoms with E-state index in [1.807, 2.05) is 0 Å². The SMILES string of the molecule is COc1ccc(C(=O)NC2C3C4CCC(C4)C23)cc1N. The number of carbonyl (C=O) groups is 1. The molecule has 1 aromatic rings. The standard InChI is InChI=1S/C16H20N2O2/c1-20-12-5-4-10(7-11(12)17)16(19)18-15-13-8-2-3-9(6-8)14(13)15/h4-5,7-9,13-15H,2-3,6,17H2,1H3,(H,18,19). The highest BCUT2D eigenvalue weighted by Gasteiger charge is 2.65. The molecular formula is C16H20N2O2. The van der Waals surface area contributed by atoms with Crippen molar-refractivity contribution < 1.29 is 9.53 Å². The molecule has 4 unspecified atom stereocenters. The predicted molar refractivity (Wildman–Crippen MR) is 76.5 cm³/mol. The molecule has 0 heterocycles. The maximum absolute atomic E-state index is 12.3. The van der Waals surface area contributed by atoms with Crippen molar-refractivity contribution in [3.63, 3.8) is 0 Å². The van der Waals surface area contributed by atoms with E-state index < -0.39 is 0 Å². The first kappa shape index (κ1) is 12.1. The van der Waals surface area contributed by atoms with Gasteiger partial charge in [0.15, 0.2) is 0 Å². The second kappa shape index (κ2) is 4.14. The Hall–Kier alpha value is -1.71. The van der Waals surface area contributed by atoms with E-state index in [1.54, 1.807) is 25.3 Å². The Morgan fingerprint density at radius 3 is 2.60 bits per heavy atom. The number of fused-ring (bicyclic) bond motifs is 5. The summed E-state index contributed by atoms with van der Waals surface area (Å²) in [6.45, 7) is 0. The molecule has 4 heteroatoms. The number of hydrogen-bond acceptors (Lipinski definition) is 3. The first-order chi connectivity index (χ1) is 9.69. The van der Waals surface area contributed by atoms with Crippen molar-refractivity contribution in [2.45, 2.75) is 25.3 Å². The fourth-order valence-electron chi connectivity index (χ4n) is 4.63. The van der Waals surface area contributed by atoms with Crippen LogP contribution in [0.3, 0.4) is 0 Å². The van der Waals surface area contributed by atoms with Crippen LogP contribution in [0.15, 0.2) is 18.2 Å². The smallest absolute Gasteiger partial charge is 0.251 e. The lowest BCUT2D eigenvalue weighted by atomic mass is 10.0. The number of nitrogens with two attached hydrogens (primary N) is 1. The van der Waals surface area contributed by atoms with E-state index >= 15 is 0 Å². The van der Waals surface area contributed by atoms with Gasteiger partial charge in [-0.15, -0.1) is 0 Å². The van der Waals surface area contributed by atoms with Crippen LogP contribution >= 0.6 is 0 Å². The van der Waals surface area contributed by atoms with Crippen molar-refractivity contribution >= 4 is 11.6 Å². The maximum Gasteiger partial charge on any atom is 0.251 e. The van der Waals surface area contributed by atoms with Crippen LogP contribution in [0, 0.1) is 23.7 Å². The van der Waals surface area contributed by atoms with Crippen LogP contribution in [0.4, 0.5) is 5.69 Å². The molecule has 3 saturated carbocycles. The monoisotopic (exact) mass is 272 g/mol. The van der Waals surface area contributed by atoms with Crippen LogP contribution in [0.5, 0.6) is 5.75 Å². The van der Waals surface area contributed by atoms with Crippen molar-refractivity contribution in [1.29, 1.82) is 0 Å². The minimum absolute atomic E-state index is 0.00171. The Labute approximate surface area is 118 Å². The van der Waals surface area contributed by atoms with Gasteiger partial charge in [-0.3, -0.25) is 4.79 Å². The van der Waals surface area contributed by atoms with E-state index in [1.165, 1.54) is 19.3 Å². The molecular weight excluding hydrogens is 252 g/mol. The molecule has 3 aliphatic rings. The summed E-state index contributed by atoms with van der Waals surface area (Å²) in [6.07, 6.45) is 4.14. The Balaban J connectivity index is 1.45. The molecule has 4 nitrogen and oxygen atoms in total. The Bertz CT molecular complexity index is 556. The number of benzene rings is 1. The summed E-state index contributed by atoms with van der Waals surface area (Å²) < 4.78 is 5.11. The normalized spacial score (nSPS) is 36.5. The van der Waals surface area contributed by atoms with Gasteiger partial charge in [0, 0.05) is 11.6 Å². The molecule has 106 valence electrons. The third-order valence-electron chi connectivity index (χ3n) is 5.52. The van der Waals surface area contributed by atoms with Crippen LogP contribution in [-0.2, 0) is 0 Å². The zero-order valence-electron chi connectivity index (χ0n) is 11.6. The van der Waals surface area contributed by atoms with Gasteiger partial charge in [-0.1, -0.05) is 0 Å². The molecule has 2 bridgehead atoms. The third kappa shape index (κ3) is 1.63. The molecule has 0 radical (unpaired) electrons. The van der Waals surface area contributed by atoms with Crippen LogP contribution in [-0.4, -0.2) is 19.1 Å². The number of amides is 1. The first-order valence-electron chi connectivity index (χ1n) is 7.43. The summed E-state index contributed by atoms with van der Waals surface area (Å²) in [5.74, 6) is 3.87. The lowest BCUT2D eigenvalue weighted by Gasteiger charge is -2.11. The number of nitrogen functional groups attached to an aromatic ring is 1. The highest BCUT2D eigenvalue weighted by molar-refractivity contribution is 5.96. The van der Waals surface area contributed by atoms with E-state index in [2.05, 4.69) is 5.32 Å². The molecule has 0 aliphatic heterocycles. The molecule has 4 rings (SSSR count). The van der Waals surface area contributed by atoms with Gasteiger partial charge in [-0.25, -0.2) is 0 Å². The number of nitrogens with one attached hydrogen (secondary N) is 1. The largest absolute Gasteiger partial charge is 0.495 e. The second-order valence-electron chi connectivity index (χ2n) is 6.44. The number of ether oxygens (including phenoxy) is 1. The molecule has 0 aromatic heterocycles. The van der Waals surface area contributed by atoms with Gasteiger partial charge < -0.3 is 15.8 Å². The first-order valence-corrected chi connectivity index (χ1v) is 7.43. The van der Waals surface area contributed by atoms with Crippen molar-refractivity contribution in [2.75, 3.05) is 12.8 Å². The molecule has 3 N–H and O–H groups in total. The number of hydrogen-bond donors (Lipinski definition) is 2. The summed E-state index contributed by atoms with van der Waals surface area (Å²) in [7, 11) is 1.58. The van der Waals surface area contributed by atoms with E-state index in [0.717, 1.165) is 23.7 Å². The zero-order chi connectivity index (χ0) is 13.9. The minimum Gasteiger partial charge on any atom is -0.495 e. The van der Waals surface area contributed by atoms with Crippen LogP contribution in [0.25, 0.3) is 0 Å². The van der Waals surface area contributed by atoms with Gasteiger partial charge in [0.1, 0.15) is 5.75 Å². The predicted octanol–water partition coefficient (Wildman–Crippen LogP) is 2.05. The van der Waals surface area contributed by atoms with Gasteiger partial charge in [0.25, 0.3) is 5.91 Å². The van der Waals surface area contributed by atoms with Gasteiger partial charge in [0.05, 0.1) is 12.8 Å². The number of rotatable bonds is 3. The van der Waals surface area contributed by atoms with Crippen LogP contribution in [0.1, 0.15) is 29.6 Å². The Kier molecular flexibility index (Phi) is 2.50. The Morgan fingerprint density at radius 1 is 1.30 bits per heavy atom. The molecule has 1 amide bonds. The van der Waals surface area contributed by atoms with Crippen LogP contribution in [0.2, 0.25) is 0 Å². The molecule has 0 spiro atoms. The highest BCUT2D eigenvalue weighted by atomic mass is 16.5. The zero-order valence-corrected chi connectivity index (χ0v) is 11.6. The van der Waals surface area contributed by atoms with Gasteiger partial charge in [-0.2, -0.15) is 0 Å². The third-order valence-corrected chi connectivity index (χ3v) is 5.52. The fourth-order valence-corrected chi connectivity index (χ4v) is 4.63. The summed E-state index contributed by atoms with van der Waals surface area (Å²) >= 11 is 0. The number of anilines is 1. The molecule has 3 aliphatic carbocycles. The second-order valence-corrected chi connectivity index (χ2v) is 6.44. The summed E-state index contributed by atoms with van der Waals surface area (Å²) in [5, 5.41) is 3.20. The number of carbonyl (C=O) groups excluding carboxylic acids is 1. The van der Waals surface area contributed by atoms with E-state index in [9.17, 15) is 4.79 Å². The van der Waals surface area contributed by atoms with Crippen molar-refractivity contribution in [2.24, 2.45) is 23.7 Å². The highest BCUT2D eigenvalue weighted by Crippen LogP contribution is 2.65. The van der Waals surface area contributed by atoms with Gasteiger partial charge in [0.2, 0.25) is 0 Å². The van der Waals surface area contributed by atoms with Gasteiger partial charge >= 0.3 is 0 Å². The molecule has 4 atom stereocenters. The lowest BCUT2D eigenvalue weighted by molar-refractivity contribution is 0.0944. The van der Waals surface area contributed by atoms with Crippen molar-refractivity contribution in [3.8, 4) is 5.75 Å². The topological polar surface area (TPSA) is 64.3 Å². The summed E-state index contributed by atoms with van der Waals surface area (Å²) in [4.78, 5) is 12.3. The Morgan fingerprint density at radius 2 is 2.00 bits per heavy atom. The van der Waals surface area contributed by atoms with E-state index in [4.69, 9.17) is 10.5 Å². The van der Waals surface area contributed by atoms with E-state index in [-0.39, 0.29) is 5.91 Å². The summed E-state index contributed by atoms with van der Waals surface area (Å²) in [6, 6.07) is 5.64. The quantitative estimate of drug-likeness (QED) is 0.828. The van der Waals surface area contributed by atoms with Gasteiger partial charge in [-0.05, 0) is 61.1 Å². The average molecular weight is 272 g/mol. The van der Waals surface area contributed by atoms with E-state index in [0.29, 0.717) is 23.0 Å². The molecule has 20 heavy (non-hydrogen) atoms. The van der Waals surface area contributed by atoms with Crippen molar-refractivity contribution in [3.05, 3.63) is 23.8 Å². The average Bonchev–Trinajstić information content (AvgIpc) is 2.84. The van der Waals surface area contributed by atoms with Crippen LogP contribution < -0.4 is 15.8 Å². The van der Waals surface area contributed by atoms with Crippen molar-refractivity contribution in [1.82, 2.24) is 5.32 Å². The number of methoxy groups -OCH3 is 1. The maximum atomic E-state index is 12.3. The fraction of sp³-hybridized carbons (Fsp3) is 0.562. The minimum atomic E-state index is -0.00171. The molecule has 1 aromatic carbocycles. The molecule has 0 saturated heterocycles.